The molecule has 5 heteroatoms. The third kappa shape index (κ3) is 4.51. The summed E-state index contributed by atoms with van der Waals surface area (Å²) in [6.07, 6.45) is 6.08. The zero-order valence-corrected chi connectivity index (χ0v) is 15.4. The lowest BCUT2D eigenvalue weighted by atomic mass is 9.93. The highest BCUT2D eigenvalue weighted by Crippen LogP contribution is 2.24. The molecule has 0 N–H and O–H groups in total. The Morgan fingerprint density at radius 2 is 1.73 bits per heavy atom. The van der Waals surface area contributed by atoms with Gasteiger partial charge in [0.2, 0.25) is 11.8 Å². The van der Waals surface area contributed by atoms with Gasteiger partial charge in [0.1, 0.15) is 5.82 Å². The van der Waals surface area contributed by atoms with Crippen LogP contribution in [0, 0.1) is 11.7 Å². The molecule has 2 saturated heterocycles. The molecular weight excluding hydrogens is 331 g/mol. The Labute approximate surface area is 154 Å². The van der Waals surface area contributed by atoms with Gasteiger partial charge in [0.15, 0.2) is 0 Å². The van der Waals surface area contributed by atoms with Crippen molar-refractivity contribution in [1.82, 2.24) is 9.80 Å². The first-order valence-corrected chi connectivity index (χ1v) is 9.54. The number of likely N-dealkylation sites (tertiary alicyclic amines) is 2. The van der Waals surface area contributed by atoms with Crippen LogP contribution in [0.15, 0.2) is 30.3 Å². The van der Waals surface area contributed by atoms with Crippen molar-refractivity contribution in [2.75, 3.05) is 26.2 Å². The summed E-state index contributed by atoms with van der Waals surface area (Å²) in [6.45, 7) is 4.89. The van der Waals surface area contributed by atoms with E-state index in [-0.39, 0.29) is 17.6 Å². The van der Waals surface area contributed by atoms with E-state index >= 15 is 0 Å². The first kappa shape index (κ1) is 18.6. The van der Waals surface area contributed by atoms with Gasteiger partial charge >= 0.3 is 0 Å². The number of allylic oxidation sites excluding steroid dienone is 1. The number of carbonyl (C=O) groups excluding carboxylic acids is 2. The molecular formula is C21H27FN2O2. The van der Waals surface area contributed by atoms with Crippen LogP contribution in [-0.4, -0.2) is 47.8 Å². The molecule has 0 bridgehead atoms. The normalized spacial score (nSPS) is 19.1. The quantitative estimate of drug-likeness (QED) is 0.773. The Kier molecular flexibility index (Phi) is 6.07. The molecule has 1 aromatic carbocycles. The summed E-state index contributed by atoms with van der Waals surface area (Å²) in [6, 6.07) is 6.50. The number of amides is 2. The van der Waals surface area contributed by atoms with E-state index in [9.17, 15) is 14.0 Å². The van der Waals surface area contributed by atoms with Crippen molar-refractivity contribution in [2.45, 2.75) is 39.0 Å². The van der Waals surface area contributed by atoms with Crippen molar-refractivity contribution >= 4 is 17.4 Å². The minimum absolute atomic E-state index is 0.0740. The maximum Gasteiger partial charge on any atom is 0.246 e. The van der Waals surface area contributed by atoms with E-state index in [1.54, 1.807) is 30.0 Å². The predicted molar refractivity (Wildman–Crippen MR) is 99.8 cm³/mol. The summed E-state index contributed by atoms with van der Waals surface area (Å²) in [5.41, 5.74) is 1.10. The molecule has 0 radical (unpaired) electrons. The summed E-state index contributed by atoms with van der Waals surface area (Å²) < 4.78 is 13.8. The highest BCUT2D eigenvalue weighted by Gasteiger charge is 2.26. The number of hydrogen-bond donors (Lipinski definition) is 0. The minimum atomic E-state index is -0.312. The van der Waals surface area contributed by atoms with E-state index < -0.39 is 0 Å². The fourth-order valence-electron chi connectivity index (χ4n) is 3.84. The SMILES string of the molecule is CC(=CC(=O)N1CCC(CC(=O)N2CCCC2)CC1)c1ccccc1F. The molecule has 2 amide bonds. The molecule has 26 heavy (non-hydrogen) atoms. The Hall–Kier alpha value is -2.17. The van der Waals surface area contributed by atoms with Gasteiger partial charge in [0.25, 0.3) is 0 Å². The van der Waals surface area contributed by atoms with Crippen LogP contribution in [-0.2, 0) is 9.59 Å². The molecule has 0 saturated carbocycles. The number of benzene rings is 1. The van der Waals surface area contributed by atoms with Gasteiger partial charge in [-0.15, -0.1) is 0 Å². The number of nitrogens with zero attached hydrogens (tertiary/aromatic N) is 2. The molecule has 2 aliphatic rings. The molecule has 0 aliphatic carbocycles. The van der Waals surface area contributed by atoms with Crippen molar-refractivity contribution < 1.29 is 14.0 Å². The van der Waals surface area contributed by atoms with Crippen molar-refractivity contribution in [3.05, 3.63) is 41.7 Å². The smallest absolute Gasteiger partial charge is 0.246 e. The molecule has 0 spiro atoms. The summed E-state index contributed by atoms with van der Waals surface area (Å²) >= 11 is 0. The summed E-state index contributed by atoms with van der Waals surface area (Å²) in [5, 5.41) is 0. The van der Waals surface area contributed by atoms with Crippen molar-refractivity contribution in [2.24, 2.45) is 5.92 Å². The highest BCUT2D eigenvalue weighted by atomic mass is 19.1. The van der Waals surface area contributed by atoms with Crippen LogP contribution in [0.2, 0.25) is 0 Å². The minimum Gasteiger partial charge on any atom is -0.343 e. The Bertz CT molecular complexity index is 687. The van der Waals surface area contributed by atoms with Crippen LogP contribution >= 0.6 is 0 Å². The number of hydrogen-bond acceptors (Lipinski definition) is 2. The van der Waals surface area contributed by atoms with Crippen LogP contribution in [0.1, 0.15) is 44.6 Å². The number of rotatable bonds is 4. The topological polar surface area (TPSA) is 40.6 Å². The van der Waals surface area contributed by atoms with E-state index in [1.807, 2.05) is 4.90 Å². The predicted octanol–water partition coefficient (Wildman–Crippen LogP) is 3.48. The van der Waals surface area contributed by atoms with Crippen LogP contribution in [0.4, 0.5) is 4.39 Å². The van der Waals surface area contributed by atoms with Gasteiger partial charge in [-0.1, -0.05) is 18.2 Å². The maximum atomic E-state index is 13.8. The van der Waals surface area contributed by atoms with Crippen LogP contribution < -0.4 is 0 Å². The molecule has 1 aromatic rings. The molecule has 0 aromatic heterocycles. The first-order valence-electron chi connectivity index (χ1n) is 9.54. The van der Waals surface area contributed by atoms with E-state index in [0.717, 1.165) is 38.8 Å². The van der Waals surface area contributed by atoms with E-state index in [0.29, 0.717) is 36.6 Å². The fraction of sp³-hybridized carbons (Fsp3) is 0.524. The van der Waals surface area contributed by atoms with Gasteiger partial charge in [0.05, 0.1) is 0 Å². The second-order valence-electron chi connectivity index (χ2n) is 7.37. The molecule has 140 valence electrons. The van der Waals surface area contributed by atoms with Crippen LogP contribution in [0.5, 0.6) is 0 Å². The highest BCUT2D eigenvalue weighted by molar-refractivity contribution is 5.95. The van der Waals surface area contributed by atoms with Crippen molar-refractivity contribution in [1.29, 1.82) is 0 Å². The van der Waals surface area contributed by atoms with Crippen LogP contribution in [0.25, 0.3) is 5.57 Å². The molecule has 2 heterocycles. The third-order valence-corrected chi connectivity index (χ3v) is 5.49. The lowest BCUT2D eigenvalue weighted by molar-refractivity contribution is -0.131. The van der Waals surface area contributed by atoms with Gasteiger partial charge in [0, 0.05) is 44.2 Å². The molecule has 4 nitrogen and oxygen atoms in total. The fourth-order valence-corrected chi connectivity index (χ4v) is 3.84. The van der Waals surface area contributed by atoms with E-state index in [2.05, 4.69) is 0 Å². The average Bonchev–Trinajstić information content (AvgIpc) is 3.17. The van der Waals surface area contributed by atoms with Gasteiger partial charge in [-0.3, -0.25) is 9.59 Å². The number of halogens is 1. The van der Waals surface area contributed by atoms with Gasteiger partial charge in [-0.05, 0) is 50.2 Å². The van der Waals surface area contributed by atoms with Crippen molar-refractivity contribution in [3.8, 4) is 0 Å². The average molecular weight is 358 g/mol. The molecule has 2 aliphatic heterocycles. The van der Waals surface area contributed by atoms with E-state index in [4.69, 9.17) is 0 Å². The second kappa shape index (κ2) is 8.47. The van der Waals surface area contributed by atoms with Gasteiger partial charge in [-0.25, -0.2) is 4.39 Å². The van der Waals surface area contributed by atoms with Crippen molar-refractivity contribution in [3.63, 3.8) is 0 Å². The Morgan fingerprint density at radius 3 is 2.38 bits per heavy atom. The lowest BCUT2D eigenvalue weighted by Gasteiger charge is -2.32. The molecule has 2 fully saturated rings. The lowest BCUT2D eigenvalue weighted by Crippen LogP contribution is -2.39. The summed E-state index contributed by atoms with van der Waals surface area (Å²) in [4.78, 5) is 28.5. The maximum absolute atomic E-state index is 13.8. The first-order chi connectivity index (χ1) is 12.5. The monoisotopic (exact) mass is 358 g/mol. The standard InChI is InChI=1S/C21H27FN2O2/c1-16(18-6-2-3-7-19(18)22)14-20(25)24-12-8-17(9-13-24)15-21(26)23-10-4-5-11-23/h2-3,6-7,14,17H,4-5,8-13,15H2,1H3. The summed E-state index contributed by atoms with van der Waals surface area (Å²) in [7, 11) is 0. The Balaban J connectivity index is 1.51. The molecule has 0 unspecified atom stereocenters. The number of carbonyl (C=O) groups is 2. The zero-order valence-electron chi connectivity index (χ0n) is 15.4. The molecule has 0 atom stereocenters. The second-order valence-corrected chi connectivity index (χ2v) is 7.37. The Morgan fingerprint density at radius 1 is 1.08 bits per heavy atom. The van der Waals surface area contributed by atoms with E-state index in [1.165, 1.54) is 12.1 Å². The zero-order chi connectivity index (χ0) is 18.5. The largest absolute Gasteiger partial charge is 0.343 e. The third-order valence-electron chi connectivity index (χ3n) is 5.49. The van der Waals surface area contributed by atoms with Gasteiger partial charge < -0.3 is 9.80 Å². The molecule has 3 rings (SSSR count). The summed E-state index contributed by atoms with van der Waals surface area (Å²) in [5.74, 6) is 0.245. The van der Waals surface area contributed by atoms with Gasteiger partial charge in [-0.2, -0.15) is 0 Å². The number of piperidine rings is 1. The van der Waals surface area contributed by atoms with Crippen LogP contribution in [0.3, 0.4) is 0 Å².